The first-order valence-electron chi connectivity index (χ1n) is 5.29. The van der Waals surface area contributed by atoms with Crippen molar-refractivity contribution in [3.63, 3.8) is 0 Å². The van der Waals surface area contributed by atoms with E-state index in [9.17, 15) is 4.79 Å². The van der Waals surface area contributed by atoms with Crippen LogP contribution in [0.5, 0.6) is 0 Å². The summed E-state index contributed by atoms with van der Waals surface area (Å²) in [6.07, 6.45) is 0.549. The zero-order valence-electron chi connectivity index (χ0n) is 9.93. The Morgan fingerprint density at radius 2 is 2.25 bits per heavy atom. The van der Waals surface area contributed by atoms with Gasteiger partial charge in [-0.25, -0.2) is 4.79 Å². The number of rotatable bonds is 1. The number of ether oxygens (including phenoxy) is 1. The Balaban J connectivity index is 2.61. The molecule has 1 heterocycles. The largest absolute Gasteiger partial charge is 0.516 e. The van der Waals surface area contributed by atoms with Crippen molar-refractivity contribution in [2.45, 2.75) is 26.4 Å². The molecule has 0 saturated carbocycles. The Kier molecular flexibility index (Phi) is 3.80. The first-order valence-corrected chi connectivity index (χ1v) is 5.29. The molecule has 92 valence electrons. The molecule has 0 aromatic rings. The van der Waals surface area contributed by atoms with Crippen molar-refractivity contribution in [1.82, 2.24) is 4.90 Å². The topological polar surface area (TPSA) is 70.0 Å². The van der Waals surface area contributed by atoms with Gasteiger partial charge in [-0.2, -0.15) is 0 Å². The second kappa shape index (κ2) is 4.74. The minimum absolute atomic E-state index is 0.0777. The number of carbonyl (C=O) groups excluding carboxylic acids is 1. The molecule has 1 unspecified atom stereocenters. The predicted octanol–water partition coefficient (Wildman–Crippen LogP) is 1.29. The number of aliphatic hydroxyl groups excluding tert-OH is 2. The van der Waals surface area contributed by atoms with Gasteiger partial charge in [0.15, 0.2) is 0 Å². The molecule has 1 aliphatic rings. The Morgan fingerprint density at radius 3 is 2.62 bits per heavy atom. The van der Waals surface area contributed by atoms with Crippen molar-refractivity contribution in [1.29, 1.82) is 0 Å². The molecule has 0 aromatic heterocycles. The minimum atomic E-state index is -0.530. The molecule has 0 spiro atoms. The normalized spacial score (nSPS) is 23.9. The van der Waals surface area contributed by atoms with E-state index in [1.165, 1.54) is 4.90 Å². The molecular formula is C11H19NO4. The summed E-state index contributed by atoms with van der Waals surface area (Å²) in [7, 11) is 0. The SMILES string of the molecule is CC(C)(C)OC(=O)N1C/C(=C\O)C(CO)C1. The molecule has 1 saturated heterocycles. The number of nitrogens with zero attached hydrogens (tertiary/aromatic N) is 1. The van der Waals surface area contributed by atoms with Crippen molar-refractivity contribution in [3.8, 4) is 0 Å². The van der Waals surface area contributed by atoms with Gasteiger partial charge < -0.3 is 19.8 Å². The van der Waals surface area contributed by atoms with Crippen LogP contribution in [0, 0.1) is 5.92 Å². The van der Waals surface area contributed by atoms with E-state index < -0.39 is 11.7 Å². The molecule has 0 aliphatic carbocycles. The Hall–Kier alpha value is -1.23. The van der Waals surface area contributed by atoms with E-state index in [0.717, 1.165) is 6.26 Å². The third-order valence-corrected chi connectivity index (χ3v) is 2.38. The molecule has 0 bridgehead atoms. The smallest absolute Gasteiger partial charge is 0.410 e. The highest BCUT2D eigenvalue weighted by molar-refractivity contribution is 5.69. The van der Waals surface area contributed by atoms with Crippen LogP contribution in [0.25, 0.3) is 0 Å². The van der Waals surface area contributed by atoms with E-state index >= 15 is 0 Å². The molecule has 1 aliphatic heterocycles. The maximum Gasteiger partial charge on any atom is 0.410 e. The fourth-order valence-corrected chi connectivity index (χ4v) is 1.58. The summed E-state index contributed by atoms with van der Waals surface area (Å²) in [5.74, 6) is -0.183. The van der Waals surface area contributed by atoms with Gasteiger partial charge in [0.2, 0.25) is 0 Å². The second-order valence-electron chi connectivity index (χ2n) is 4.94. The molecule has 0 radical (unpaired) electrons. The standard InChI is InChI=1S/C11H19NO4/c1-11(2,3)16-10(15)12-4-8(6-13)9(5-12)7-14/h6,9,13-14H,4-5,7H2,1-3H3/b8-6+. The van der Waals surface area contributed by atoms with Crippen LogP contribution in [-0.4, -0.2) is 46.5 Å². The summed E-state index contributed by atoms with van der Waals surface area (Å²) in [5, 5.41) is 18.0. The molecule has 5 nitrogen and oxygen atoms in total. The van der Waals surface area contributed by atoms with Gasteiger partial charge in [-0.1, -0.05) is 0 Å². The van der Waals surface area contributed by atoms with Crippen LogP contribution in [-0.2, 0) is 4.74 Å². The third kappa shape index (κ3) is 3.13. The van der Waals surface area contributed by atoms with E-state index in [2.05, 4.69) is 0 Å². The van der Waals surface area contributed by atoms with E-state index in [0.29, 0.717) is 18.7 Å². The average Bonchev–Trinajstić information content (AvgIpc) is 2.57. The molecule has 1 rings (SSSR count). The number of hydrogen-bond donors (Lipinski definition) is 2. The van der Waals surface area contributed by atoms with Gasteiger partial charge in [-0.15, -0.1) is 0 Å². The Labute approximate surface area is 95.3 Å². The molecule has 2 N–H and O–H groups in total. The quantitative estimate of drug-likeness (QED) is 0.665. The average molecular weight is 229 g/mol. The van der Waals surface area contributed by atoms with Crippen molar-refractivity contribution in [3.05, 3.63) is 11.8 Å². The first-order chi connectivity index (χ1) is 7.37. The van der Waals surface area contributed by atoms with E-state index in [1.54, 1.807) is 20.8 Å². The fourth-order valence-electron chi connectivity index (χ4n) is 1.58. The Bertz CT molecular complexity index is 293. The first kappa shape index (κ1) is 12.8. The van der Waals surface area contributed by atoms with Crippen LogP contribution in [0.3, 0.4) is 0 Å². The van der Waals surface area contributed by atoms with E-state index in [-0.39, 0.29) is 12.5 Å². The summed E-state index contributed by atoms with van der Waals surface area (Å²) in [6.45, 7) is 6.02. The van der Waals surface area contributed by atoms with Gasteiger partial charge in [-0.3, -0.25) is 0 Å². The highest BCUT2D eigenvalue weighted by Crippen LogP contribution is 2.23. The molecule has 1 atom stereocenters. The zero-order chi connectivity index (χ0) is 12.3. The van der Waals surface area contributed by atoms with Crippen LogP contribution in [0.2, 0.25) is 0 Å². The highest BCUT2D eigenvalue weighted by atomic mass is 16.6. The van der Waals surface area contributed by atoms with Gasteiger partial charge in [0, 0.05) is 19.0 Å². The summed E-state index contributed by atoms with van der Waals surface area (Å²) < 4.78 is 5.20. The van der Waals surface area contributed by atoms with Gasteiger partial charge in [0.05, 0.1) is 12.9 Å². The lowest BCUT2D eigenvalue weighted by Crippen LogP contribution is -2.35. The van der Waals surface area contributed by atoms with Gasteiger partial charge >= 0.3 is 6.09 Å². The van der Waals surface area contributed by atoms with Crippen molar-refractivity contribution in [2.24, 2.45) is 5.92 Å². The Morgan fingerprint density at radius 1 is 1.62 bits per heavy atom. The molecular weight excluding hydrogens is 210 g/mol. The van der Waals surface area contributed by atoms with Gasteiger partial charge in [0.1, 0.15) is 5.60 Å². The van der Waals surface area contributed by atoms with Crippen LogP contribution in [0.15, 0.2) is 11.8 Å². The summed E-state index contributed by atoms with van der Waals surface area (Å²) >= 11 is 0. The lowest BCUT2D eigenvalue weighted by atomic mass is 10.1. The molecule has 1 amide bonds. The number of likely N-dealkylation sites (tertiary alicyclic amines) is 1. The van der Waals surface area contributed by atoms with Crippen molar-refractivity contribution in [2.75, 3.05) is 19.7 Å². The van der Waals surface area contributed by atoms with Crippen molar-refractivity contribution >= 4 is 6.09 Å². The van der Waals surface area contributed by atoms with Crippen LogP contribution in [0.1, 0.15) is 20.8 Å². The number of aliphatic hydroxyl groups is 2. The number of amides is 1. The zero-order valence-corrected chi connectivity index (χ0v) is 9.93. The lowest BCUT2D eigenvalue weighted by molar-refractivity contribution is 0.0285. The number of carbonyl (C=O) groups is 1. The van der Waals surface area contributed by atoms with Crippen LogP contribution >= 0.6 is 0 Å². The van der Waals surface area contributed by atoms with Gasteiger partial charge in [-0.05, 0) is 26.3 Å². The second-order valence-corrected chi connectivity index (χ2v) is 4.94. The third-order valence-electron chi connectivity index (χ3n) is 2.38. The maximum absolute atomic E-state index is 11.7. The summed E-state index contributed by atoms with van der Waals surface area (Å²) in [5.41, 5.74) is 0.130. The molecule has 0 aromatic carbocycles. The van der Waals surface area contributed by atoms with E-state index in [1.807, 2.05) is 0 Å². The summed E-state index contributed by atoms with van der Waals surface area (Å²) in [6, 6.07) is 0. The van der Waals surface area contributed by atoms with Crippen molar-refractivity contribution < 1.29 is 19.7 Å². The molecule has 1 fully saturated rings. The minimum Gasteiger partial charge on any atom is -0.516 e. The van der Waals surface area contributed by atoms with E-state index in [4.69, 9.17) is 14.9 Å². The van der Waals surface area contributed by atoms with Crippen LogP contribution < -0.4 is 0 Å². The maximum atomic E-state index is 11.7. The summed E-state index contributed by atoms with van der Waals surface area (Å²) in [4.78, 5) is 13.2. The molecule has 5 heteroatoms. The fraction of sp³-hybridized carbons (Fsp3) is 0.727. The molecule has 16 heavy (non-hydrogen) atoms. The predicted molar refractivity (Wildman–Crippen MR) is 59.1 cm³/mol. The van der Waals surface area contributed by atoms with Gasteiger partial charge in [0.25, 0.3) is 0 Å². The lowest BCUT2D eigenvalue weighted by Gasteiger charge is -2.24. The number of hydrogen-bond acceptors (Lipinski definition) is 4. The monoisotopic (exact) mass is 229 g/mol. The van der Waals surface area contributed by atoms with Crippen LogP contribution in [0.4, 0.5) is 4.79 Å². The highest BCUT2D eigenvalue weighted by Gasteiger charge is 2.32.